The Morgan fingerprint density at radius 3 is 2.29 bits per heavy atom. The quantitative estimate of drug-likeness (QED) is 0.572. The van der Waals surface area contributed by atoms with Crippen LogP contribution in [-0.2, 0) is 0 Å². The van der Waals surface area contributed by atoms with E-state index in [1.54, 1.807) is 47.1 Å². The minimum atomic E-state index is -0.353. The molecule has 0 unspecified atom stereocenters. The van der Waals surface area contributed by atoms with Gasteiger partial charge in [0.05, 0.1) is 10.7 Å². The molecule has 0 aliphatic heterocycles. The Hall–Kier alpha value is -2.08. The molecule has 1 N–H and O–H groups in total. The van der Waals surface area contributed by atoms with Crippen LogP contribution in [0.5, 0.6) is 0 Å². The molecule has 0 atom stereocenters. The van der Waals surface area contributed by atoms with Gasteiger partial charge in [0.25, 0.3) is 5.91 Å². The Morgan fingerprint density at radius 2 is 1.68 bits per heavy atom. The Balaban J connectivity index is 2.07. The van der Waals surface area contributed by atoms with Gasteiger partial charge in [0.15, 0.2) is 5.82 Å². The molecule has 0 radical (unpaired) electrons. The van der Waals surface area contributed by atoms with Gasteiger partial charge in [-0.3, -0.25) is 4.79 Å². The van der Waals surface area contributed by atoms with Crippen molar-refractivity contribution in [2.45, 2.75) is 20.8 Å². The van der Waals surface area contributed by atoms with Gasteiger partial charge in [0, 0.05) is 22.2 Å². The summed E-state index contributed by atoms with van der Waals surface area (Å²) in [7, 11) is 0. The number of halogens is 3. The lowest BCUT2D eigenvalue weighted by Crippen LogP contribution is -2.32. The van der Waals surface area contributed by atoms with Gasteiger partial charge in [-0.1, -0.05) is 55.6 Å². The Bertz CT molecular complexity index is 1010. The van der Waals surface area contributed by atoms with E-state index >= 15 is 0 Å². The maximum Gasteiger partial charge on any atom is 0.291 e. The van der Waals surface area contributed by atoms with Crippen LogP contribution < -0.4 is 5.32 Å². The van der Waals surface area contributed by atoms with Crippen molar-refractivity contribution in [3.8, 4) is 17.1 Å². The van der Waals surface area contributed by atoms with E-state index in [0.29, 0.717) is 38.7 Å². The zero-order valence-corrected chi connectivity index (χ0v) is 17.9. The standard InChI is InChI=1S/C20H19Cl3N4O/c1-20(2,3)11-24-19(28)17-25-18(15-9-6-13(22)10-16(15)23)27(26-17)14-7-4-12(21)5-8-14/h4-10H,11H2,1-3H3,(H,24,28). The lowest BCUT2D eigenvalue weighted by molar-refractivity contribution is 0.0929. The number of aromatic nitrogens is 3. The van der Waals surface area contributed by atoms with Crippen molar-refractivity contribution in [1.82, 2.24) is 20.1 Å². The predicted molar refractivity (Wildman–Crippen MR) is 114 cm³/mol. The lowest BCUT2D eigenvalue weighted by atomic mass is 9.97. The van der Waals surface area contributed by atoms with Crippen molar-refractivity contribution < 1.29 is 4.79 Å². The smallest absolute Gasteiger partial charge is 0.291 e. The molecule has 1 aromatic heterocycles. The number of rotatable bonds is 4. The van der Waals surface area contributed by atoms with Crippen molar-refractivity contribution in [3.63, 3.8) is 0 Å². The largest absolute Gasteiger partial charge is 0.349 e. The van der Waals surface area contributed by atoms with Gasteiger partial charge in [-0.15, -0.1) is 5.10 Å². The number of hydrogen-bond acceptors (Lipinski definition) is 3. The first kappa shape index (κ1) is 20.6. The fraction of sp³-hybridized carbons (Fsp3) is 0.250. The van der Waals surface area contributed by atoms with Crippen LogP contribution in [0.15, 0.2) is 42.5 Å². The summed E-state index contributed by atoms with van der Waals surface area (Å²) in [4.78, 5) is 17.0. The lowest BCUT2D eigenvalue weighted by Gasteiger charge is -2.17. The second kappa shape index (κ2) is 8.11. The van der Waals surface area contributed by atoms with Crippen LogP contribution in [0.2, 0.25) is 15.1 Å². The third-order valence-electron chi connectivity index (χ3n) is 3.83. The van der Waals surface area contributed by atoms with Crippen molar-refractivity contribution in [1.29, 1.82) is 0 Å². The zero-order chi connectivity index (χ0) is 20.5. The number of hydrogen-bond donors (Lipinski definition) is 1. The summed E-state index contributed by atoms with van der Waals surface area (Å²) in [5.41, 5.74) is 1.26. The average Bonchev–Trinajstić information content (AvgIpc) is 3.05. The molecule has 0 saturated heterocycles. The number of benzene rings is 2. The van der Waals surface area contributed by atoms with E-state index in [2.05, 4.69) is 15.4 Å². The molecule has 3 aromatic rings. The van der Waals surface area contributed by atoms with Crippen LogP contribution in [0, 0.1) is 5.41 Å². The summed E-state index contributed by atoms with van der Waals surface area (Å²) in [5.74, 6) is 0.138. The normalized spacial score (nSPS) is 11.5. The first-order chi connectivity index (χ1) is 13.1. The molecule has 0 aliphatic rings. The first-order valence-corrected chi connectivity index (χ1v) is 9.74. The van der Waals surface area contributed by atoms with Gasteiger partial charge < -0.3 is 5.32 Å². The summed E-state index contributed by atoms with van der Waals surface area (Å²) in [6, 6.07) is 12.2. The van der Waals surface area contributed by atoms with E-state index in [-0.39, 0.29) is 17.1 Å². The second-order valence-electron chi connectivity index (χ2n) is 7.51. The molecule has 2 aromatic carbocycles. The van der Waals surface area contributed by atoms with Crippen molar-refractivity contribution >= 4 is 40.7 Å². The number of nitrogens with zero attached hydrogens (tertiary/aromatic N) is 3. The molecule has 8 heteroatoms. The van der Waals surface area contributed by atoms with Gasteiger partial charge in [0.2, 0.25) is 5.82 Å². The third-order valence-corrected chi connectivity index (χ3v) is 4.63. The van der Waals surface area contributed by atoms with Gasteiger partial charge in [-0.2, -0.15) is 0 Å². The van der Waals surface area contributed by atoms with E-state index in [1.807, 2.05) is 20.8 Å². The van der Waals surface area contributed by atoms with Gasteiger partial charge in [0.1, 0.15) is 0 Å². The summed E-state index contributed by atoms with van der Waals surface area (Å²) >= 11 is 18.4. The van der Waals surface area contributed by atoms with Crippen LogP contribution in [-0.4, -0.2) is 27.2 Å². The predicted octanol–water partition coefficient (Wildman–Crippen LogP) is 5.67. The van der Waals surface area contributed by atoms with E-state index in [9.17, 15) is 4.79 Å². The van der Waals surface area contributed by atoms with Crippen molar-refractivity contribution in [3.05, 3.63) is 63.4 Å². The average molecular weight is 438 g/mol. The summed E-state index contributed by atoms with van der Waals surface area (Å²) in [6.45, 7) is 6.60. The van der Waals surface area contributed by atoms with Crippen LogP contribution in [0.25, 0.3) is 17.1 Å². The Labute approximate surface area is 178 Å². The summed E-state index contributed by atoms with van der Waals surface area (Å²) < 4.78 is 1.57. The van der Waals surface area contributed by atoms with E-state index in [0.717, 1.165) is 0 Å². The molecule has 146 valence electrons. The number of amides is 1. The SMILES string of the molecule is CC(C)(C)CNC(=O)c1nc(-c2ccc(Cl)cc2Cl)n(-c2ccc(Cl)cc2)n1. The Morgan fingerprint density at radius 1 is 1.04 bits per heavy atom. The molecule has 1 amide bonds. The summed E-state index contributed by atoms with van der Waals surface area (Å²) in [5, 5.41) is 8.79. The summed E-state index contributed by atoms with van der Waals surface area (Å²) in [6.07, 6.45) is 0. The molecular formula is C20H19Cl3N4O. The highest BCUT2D eigenvalue weighted by atomic mass is 35.5. The highest BCUT2D eigenvalue weighted by Gasteiger charge is 2.21. The molecule has 28 heavy (non-hydrogen) atoms. The molecule has 0 aliphatic carbocycles. The maximum atomic E-state index is 12.6. The van der Waals surface area contributed by atoms with E-state index < -0.39 is 0 Å². The minimum Gasteiger partial charge on any atom is -0.349 e. The number of carbonyl (C=O) groups is 1. The zero-order valence-electron chi connectivity index (χ0n) is 15.6. The molecule has 0 spiro atoms. The highest BCUT2D eigenvalue weighted by Crippen LogP contribution is 2.31. The van der Waals surface area contributed by atoms with E-state index in [4.69, 9.17) is 34.8 Å². The molecule has 5 nitrogen and oxygen atoms in total. The van der Waals surface area contributed by atoms with Crippen molar-refractivity contribution in [2.24, 2.45) is 5.41 Å². The number of nitrogens with one attached hydrogen (secondary N) is 1. The fourth-order valence-electron chi connectivity index (χ4n) is 2.44. The van der Waals surface area contributed by atoms with Gasteiger partial charge in [-0.05, 0) is 47.9 Å². The third kappa shape index (κ3) is 4.85. The van der Waals surface area contributed by atoms with E-state index in [1.165, 1.54) is 0 Å². The molecule has 1 heterocycles. The van der Waals surface area contributed by atoms with Crippen LogP contribution in [0.3, 0.4) is 0 Å². The molecule has 0 saturated carbocycles. The highest BCUT2D eigenvalue weighted by molar-refractivity contribution is 6.36. The van der Waals surface area contributed by atoms with Crippen molar-refractivity contribution in [2.75, 3.05) is 6.54 Å². The molecular weight excluding hydrogens is 419 g/mol. The Kier molecular flexibility index (Phi) is 5.98. The molecule has 0 bridgehead atoms. The second-order valence-corrected chi connectivity index (χ2v) is 8.79. The van der Waals surface area contributed by atoms with Gasteiger partial charge >= 0.3 is 0 Å². The minimum absolute atomic E-state index is 0.0558. The topological polar surface area (TPSA) is 59.8 Å². The van der Waals surface area contributed by atoms with Crippen LogP contribution >= 0.6 is 34.8 Å². The maximum absolute atomic E-state index is 12.6. The fourth-order valence-corrected chi connectivity index (χ4v) is 3.06. The van der Waals surface area contributed by atoms with Crippen LogP contribution in [0.1, 0.15) is 31.4 Å². The molecule has 0 fully saturated rings. The van der Waals surface area contributed by atoms with Crippen LogP contribution in [0.4, 0.5) is 0 Å². The number of carbonyl (C=O) groups excluding carboxylic acids is 1. The first-order valence-electron chi connectivity index (χ1n) is 8.61. The monoisotopic (exact) mass is 436 g/mol. The van der Waals surface area contributed by atoms with Gasteiger partial charge in [-0.25, -0.2) is 9.67 Å². The molecule has 3 rings (SSSR count).